The van der Waals surface area contributed by atoms with Crippen molar-refractivity contribution >= 4 is 28.7 Å². The fourth-order valence-electron chi connectivity index (χ4n) is 2.87. The average molecular weight is 407 g/mol. The molecule has 29 heavy (non-hydrogen) atoms. The van der Waals surface area contributed by atoms with Gasteiger partial charge in [0, 0.05) is 18.5 Å². The van der Waals surface area contributed by atoms with Crippen LogP contribution in [0.15, 0.2) is 65.0 Å². The Balaban J connectivity index is 1.97. The van der Waals surface area contributed by atoms with Gasteiger partial charge < -0.3 is 4.90 Å². The Hall–Kier alpha value is -2.26. The number of thioether (sulfide) groups is 1. The first-order valence-corrected chi connectivity index (χ1v) is 11.1. The summed E-state index contributed by atoms with van der Waals surface area (Å²) in [7, 11) is 2.03. The van der Waals surface area contributed by atoms with Crippen molar-refractivity contribution in [1.82, 2.24) is 4.90 Å². The molecule has 3 heteroatoms. The summed E-state index contributed by atoms with van der Waals surface area (Å²) in [4.78, 5) is 7.73. The quantitative estimate of drug-likeness (QED) is 0.315. The molecule has 2 aromatic carbocycles. The van der Waals surface area contributed by atoms with Crippen LogP contribution < -0.4 is 0 Å². The minimum absolute atomic E-state index is 0.556. The van der Waals surface area contributed by atoms with Crippen LogP contribution in [0.1, 0.15) is 55.9 Å². The van der Waals surface area contributed by atoms with Crippen molar-refractivity contribution in [2.75, 3.05) is 13.6 Å². The Kier molecular flexibility index (Phi) is 8.78. The van der Waals surface area contributed by atoms with E-state index in [1.54, 1.807) is 11.8 Å². The second kappa shape index (κ2) is 11.1. The maximum Gasteiger partial charge on any atom is 0.0909 e. The van der Waals surface area contributed by atoms with Gasteiger partial charge in [0.25, 0.3) is 0 Å². The van der Waals surface area contributed by atoms with E-state index in [9.17, 15) is 0 Å². The van der Waals surface area contributed by atoms with E-state index in [1.165, 1.54) is 27.8 Å². The maximum atomic E-state index is 4.58. The van der Waals surface area contributed by atoms with Crippen molar-refractivity contribution < 1.29 is 0 Å². The molecular formula is C26H34N2S. The molecule has 2 rings (SSSR count). The van der Waals surface area contributed by atoms with Gasteiger partial charge in [-0.25, -0.2) is 4.99 Å². The van der Waals surface area contributed by atoms with Gasteiger partial charge in [0.1, 0.15) is 0 Å². The summed E-state index contributed by atoms with van der Waals surface area (Å²) in [6.07, 6.45) is 2.83. The van der Waals surface area contributed by atoms with Crippen LogP contribution in [0.4, 0.5) is 5.69 Å². The zero-order valence-corrected chi connectivity index (χ0v) is 19.5. The lowest BCUT2D eigenvalue weighted by Gasteiger charge is -2.10. The van der Waals surface area contributed by atoms with Crippen molar-refractivity contribution in [2.24, 2.45) is 4.99 Å². The number of hydrogen-bond donors (Lipinski definition) is 0. The third-order valence-corrected chi connectivity index (χ3v) is 5.98. The predicted octanol–water partition coefficient (Wildman–Crippen LogP) is 7.58. The highest BCUT2D eigenvalue weighted by atomic mass is 32.2. The summed E-state index contributed by atoms with van der Waals surface area (Å²) in [5.41, 5.74) is 7.44. The van der Waals surface area contributed by atoms with E-state index in [-0.39, 0.29) is 0 Å². The van der Waals surface area contributed by atoms with Crippen molar-refractivity contribution in [3.63, 3.8) is 0 Å². The van der Waals surface area contributed by atoms with Crippen LogP contribution in [0.2, 0.25) is 0 Å². The molecule has 2 nitrogen and oxygen atoms in total. The number of benzene rings is 2. The maximum absolute atomic E-state index is 4.58. The summed E-state index contributed by atoms with van der Waals surface area (Å²) in [6.45, 7) is 16.1. The van der Waals surface area contributed by atoms with Gasteiger partial charge in [-0.2, -0.15) is 0 Å². The van der Waals surface area contributed by atoms with Gasteiger partial charge in [-0.15, -0.1) is 0 Å². The number of aliphatic imine (C=N–C) groups is 1. The second-order valence-corrected chi connectivity index (χ2v) is 8.86. The molecule has 0 amide bonds. The molecular weight excluding hydrogens is 372 g/mol. The highest BCUT2D eigenvalue weighted by molar-refractivity contribution is 8.10. The van der Waals surface area contributed by atoms with Gasteiger partial charge in [-0.3, -0.25) is 0 Å². The lowest BCUT2D eigenvalue weighted by atomic mass is 10.0. The summed E-state index contributed by atoms with van der Waals surface area (Å²) in [5.74, 6) is 0.556. The SMILES string of the molecule is C=C(S/C=C(\C)Cc1ccc(N=CN(C)CC)c(C)c1)c1ccc(C(C)C)cc1. The molecule has 2 aromatic rings. The number of aryl methyl sites for hydroxylation is 1. The summed E-state index contributed by atoms with van der Waals surface area (Å²) < 4.78 is 0. The molecule has 0 unspecified atom stereocenters. The number of rotatable bonds is 9. The molecule has 0 radical (unpaired) electrons. The first kappa shape index (κ1) is 23.0. The smallest absolute Gasteiger partial charge is 0.0909 e. The van der Waals surface area contributed by atoms with Crippen LogP contribution in [-0.4, -0.2) is 24.8 Å². The predicted molar refractivity (Wildman–Crippen MR) is 132 cm³/mol. The summed E-state index contributed by atoms with van der Waals surface area (Å²) in [6, 6.07) is 15.3. The Morgan fingerprint density at radius 2 is 1.86 bits per heavy atom. The molecule has 0 saturated carbocycles. The fourth-order valence-corrected chi connectivity index (χ4v) is 3.57. The molecule has 0 aliphatic heterocycles. The topological polar surface area (TPSA) is 15.6 Å². The minimum atomic E-state index is 0.556. The largest absolute Gasteiger partial charge is 0.366 e. The molecule has 0 heterocycles. The third kappa shape index (κ3) is 7.25. The van der Waals surface area contributed by atoms with Gasteiger partial charge in [0.15, 0.2) is 0 Å². The van der Waals surface area contributed by atoms with Crippen molar-refractivity contribution in [1.29, 1.82) is 0 Å². The summed E-state index contributed by atoms with van der Waals surface area (Å²) in [5, 5.41) is 2.22. The Bertz CT molecular complexity index is 876. The highest BCUT2D eigenvalue weighted by Crippen LogP contribution is 2.29. The van der Waals surface area contributed by atoms with E-state index in [0.717, 1.165) is 23.6 Å². The highest BCUT2D eigenvalue weighted by Gasteiger charge is 2.04. The summed E-state index contributed by atoms with van der Waals surface area (Å²) >= 11 is 1.71. The van der Waals surface area contributed by atoms with E-state index in [0.29, 0.717) is 5.92 Å². The zero-order valence-electron chi connectivity index (χ0n) is 18.7. The standard InChI is InChI=1S/C26H34N2S/c1-8-28(7)18-27-26-14-9-23(16-21(26)5)15-20(4)17-29-22(6)25-12-10-24(11-13-25)19(2)3/h9-14,16-19H,6,8,15H2,1-5,7H3/b20-17+,27-18?. The third-order valence-electron chi connectivity index (χ3n) is 4.94. The Morgan fingerprint density at radius 1 is 1.17 bits per heavy atom. The first-order valence-electron chi connectivity index (χ1n) is 10.3. The van der Waals surface area contributed by atoms with E-state index < -0.39 is 0 Å². The van der Waals surface area contributed by atoms with E-state index in [1.807, 2.05) is 13.4 Å². The normalized spacial score (nSPS) is 12.0. The number of nitrogens with zero attached hydrogens (tertiary/aromatic N) is 2. The molecule has 0 spiro atoms. The number of allylic oxidation sites excluding steroid dienone is 1. The van der Waals surface area contributed by atoms with E-state index >= 15 is 0 Å². The average Bonchev–Trinajstić information content (AvgIpc) is 2.71. The fraction of sp³-hybridized carbons (Fsp3) is 0.346. The van der Waals surface area contributed by atoms with Crippen LogP contribution in [-0.2, 0) is 6.42 Å². The molecule has 154 valence electrons. The lowest BCUT2D eigenvalue weighted by Crippen LogP contribution is -2.14. The van der Waals surface area contributed by atoms with Gasteiger partial charge in [0.2, 0.25) is 0 Å². The van der Waals surface area contributed by atoms with E-state index in [4.69, 9.17) is 0 Å². The van der Waals surface area contributed by atoms with Crippen molar-refractivity contribution in [3.05, 3.63) is 82.3 Å². The zero-order chi connectivity index (χ0) is 21.4. The van der Waals surface area contributed by atoms with Crippen LogP contribution >= 0.6 is 11.8 Å². The molecule has 0 fully saturated rings. The molecule has 0 N–H and O–H groups in total. The second-order valence-electron chi connectivity index (χ2n) is 7.90. The molecule has 0 aromatic heterocycles. The van der Waals surface area contributed by atoms with Crippen molar-refractivity contribution in [3.8, 4) is 0 Å². The molecule has 0 aliphatic carbocycles. The minimum Gasteiger partial charge on any atom is -0.366 e. The monoisotopic (exact) mass is 406 g/mol. The van der Waals surface area contributed by atoms with Crippen LogP contribution in [0, 0.1) is 6.92 Å². The van der Waals surface area contributed by atoms with Crippen LogP contribution in [0.5, 0.6) is 0 Å². The molecule has 0 saturated heterocycles. The molecule has 0 aliphatic rings. The first-order chi connectivity index (χ1) is 13.8. The van der Waals surface area contributed by atoms with E-state index in [2.05, 4.69) is 99.0 Å². The lowest BCUT2D eigenvalue weighted by molar-refractivity contribution is 0.552. The molecule has 0 atom stereocenters. The van der Waals surface area contributed by atoms with Crippen molar-refractivity contribution in [2.45, 2.75) is 47.0 Å². The van der Waals surface area contributed by atoms with Gasteiger partial charge >= 0.3 is 0 Å². The Morgan fingerprint density at radius 3 is 2.45 bits per heavy atom. The Labute approximate surface area is 181 Å². The van der Waals surface area contributed by atoms with Gasteiger partial charge in [0.05, 0.1) is 12.0 Å². The molecule has 0 bridgehead atoms. The van der Waals surface area contributed by atoms with Crippen LogP contribution in [0.3, 0.4) is 0 Å². The van der Waals surface area contributed by atoms with Gasteiger partial charge in [-0.05, 0) is 66.8 Å². The number of hydrogen-bond acceptors (Lipinski definition) is 2. The van der Waals surface area contributed by atoms with Gasteiger partial charge in [-0.1, -0.05) is 74.2 Å². The van der Waals surface area contributed by atoms with Crippen LogP contribution in [0.25, 0.3) is 4.91 Å².